The van der Waals surface area contributed by atoms with Gasteiger partial charge in [-0.25, -0.2) is 0 Å². The Labute approximate surface area is 450 Å². The van der Waals surface area contributed by atoms with Gasteiger partial charge in [0, 0.05) is 12.8 Å². The lowest BCUT2D eigenvalue weighted by Crippen LogP contribution is -2.45. The standard InChI is InChI=1S/C66H127NO5/c1-3-5-7-9-11-13-15-17-18-19-30-33-36-40-44-48-52-56-60-66(71)72-61-57-53-49-45-41-37-34-31-28-26-24-22-20-21-23-25-27-29-32-35-39-43-47-51-55-59-65(70)67-63(62-68)64(69)58-54-50-46-42-38-16-14-12-10-8-6-4-2/h18-19,54,58,63-64,68-69H,3-17,20-53,55-57,59-62H2,1-2H3,(H,67,70)/b19-18-,58-54+. The molecule has 0 aromatic rings. The molecule has 2 unspecified atom stereocenters. The molecule has 0 radical (unpaired) electrons. The summed E-state index contributed by atoms with van der Waals surface area (Å²) in [6.45, 7) is 4.91. The van der Waals surface area contributed by atoms with Crippen molar-refractivity contribution in [2.75, 3.05) is 13.2 Å². The fourth-order valence-corrected chi connectivity index (χ4v) is 10.2. The Hall–Kier alpha value is -1.66. The van der Waals surface area contributed by atoms with Crippen molar-refractivity contribution >= 4 is 11.9 Å². The van der Waals surface area contributed by atoms with Crippen LogP contribution in [0, 0.1) is 0 Å². The highest BCUT2D eigenvalue weighted by Crippen LogP contribution is 2.18. The number of aliphatic hydroxyl groups excluding tert-OH is 2. The van der Waals surface area contributed by atoms with Crippen LogP contribution in [0.5, 0.6) is 0 Å². The third-order valence-corrected chi connectivity index (χ3v) is 15.2. The maximum atomic E-state index is 12.4. The van der Waals surface area contributed by atoms with Gasteiger partial charge in [-0.15, -0.1) is 0 Å². The van der Waals surface area contributed by atoms with E-state index in [1.165, 1.54) is 289 Å². The van der Waals surface area contributed by atoms with Crippen molar-refractivity contribution in [3.05, 3.63) is 24.3 Å². The minimum Gasteiger partial charge on any atom is -0.466 e. The van der Waals surface area contributed by atoms with E-state index in [9.17, 15) is 19.8 Å². The van der Waals surface area contributed by atoms with Crippen molar-refractivity contribution in [3.63, 3.8) is 0 Å². The number of carbonyl (C=O) groups excluding carboxylic acids is 2. The quantitative estimate of drug-likeness (QED) is 0.0320. The van der Waals surface area contributed by atoms with Crippen LogP contribution in [0.3, 0.4) is 0 Å². The van der Waals surface area contributed by atoms with Crippen LogP contribution in [-0.4, -0.2) is 47.4 Å². The summed E-state index contributed by atoms with van der Waals surface area (Å²) >= 11 is 0. The fourth-order valence-electron chi connectivity index (χ4n) is 10.2. The Morgan fingerprint density at radius 1 is 0.375 bits per heavy atom. The highest BCUT2D eigenvalue weighted by atomic mass is 16.5. The van der Waals surface area contributed by atoms with Gasteiger partial charge in [0.2, 0.25) is 5.91 Å². The molecule has 72 heavy (non-hydrogen) atoms. The first-order valence-corrected chi connectivity index (χ1v) is 32.6. The summed E-state index contributed by atoms with van der Waals surface area (Å²) in [6, 6.07) is -0.625. The van der Waals surface area contributed by atoms with E-state index >= 15 is 0 Å². The second-order valence-corrected chi connectivity index (χ2v) is 22.5. The maximum Gasteiger partial charge on any atom is 0.305 e. The van der Waals surface area contributed by atoms with E-state index < -0.39 is 12.1 Å². The molecule has 1 amide bonds. The second-order valence-electron chi connectivity index (χ2n) is 22.5. The molecule has 0 aromatic carbocycles. The molecule has 0 rings (SSSR count). The van der Waals surface area contributed by atoms with Gasteiger partial charge in [-0.05, 0) is 57.8 Å². The van der Waals surface area contributed by atoms with Crippen molar-refractivity contribution < 1.29 is 24.5 Å². The van der Waals surface area contributed by atoms with Gasteiger partial charge in [0.1, 0.15) is 0 Å². The largest absolute Gasteiger partial charge is 0.466 e. The summed E-state index contributed by atoms with van der Waals surface area (Å²) in [5.41, 5.74) is 0. The number of hydrogen-bond acceptors (Lipinski definition) is 5. The molecule has 426 valence electrons. The number of ether oxygens (including phenoxy) is 1. The predicted molar refractivity (Wildman–Crippen MR) is 315 cm³/mol. The maximum absolute atomic E-state index is 12.4. The zero-order valence-corrected chi connectivity index (χ0v) is 48.7. The van der Waals surface area contributed by atoms with Gasteiger partial charge < -0.3 is 20.3 Å². The molecular formula is C66H127NO5. The molecule has 0 saturated carbocycles. The molecular weight excluding hydrogens is 887 g/mol. The van der Waals surface area contributed by atoms with E-state index in [0.717, 1.165) is 44.9 Å². The zero-order valence-electron chi connectivity index (χ0n) is 48.7. The summed E-state index contributed by atoms with van der Waals surface area (Å²) < 4.78 is 5.50. The van der Waals surface area contributed by atoms with Gasteiger partial charge in [0.15, 0.2) is 0 Å². The lowest BCUT2D eigenvalue weighted by Gasteiger charge is -2.20. The van der Waals surface area contributed by atoms with Gasteiger partial charge in [0.05, 0.1) is 25.4 Å². The van der Waals surface area contributed by atoms with Crippen molar-refractivity contribution in [2.24, 2.45) is 0 Å². The molecule has 6 heteroatoms. The minimum absolute atomic E-state index is 0.0134. The molecule has 0 aliphatic carbocycles. The second kappa shape index (κ2) is 61.9. The molecule has 0 fully saturated rings. The normalized spacial score (nSPS) is 12.7. The van der Waals surface area contributed by atoms with Gasteiger partial charge in [-0.1, -0.05) is 314 Å². The Balaban J connectivity index is 3.35. The number of hydrogen-bond donors (Lipinski definition) is 3. The minimum atomic E-state index is -0.842. The SMILES string of the molecule is CCCCCCCCC/C=C\CCCCCCCCCC(=O)OCCCCCCCCCCCCCCCCCCCCCCCCCCCC(=O)NC(CO)C(O)/C=C/CCCCCCCCCCCC. The Morgan fingerprint density at radius 2 is 0.653 bits per heavy atom. The van der Waals surface area contributed by atoms with Crippen LogP contribution in [0.25, 0.3) is 0 Å². The first kappa shape index (κ1) is 70.3. The Kier molecular flexibility index (Phi) is 60.5. The molecule has 0 aliphatic heterocycles. The zero-order chi connectivity index (χ0) is 52.2. The molecule has 2 atom stereocenters. The van der Waals surface area contributed by atoms with E-state index in [1.54, 1.807) is 6.08 Å². The average molecular weight is 1010 g/mol. The monoisotopic (exact) mass is 1010 g/mol. The molecule has 3 N–H and O–H groups in total. The first-order valence-electron chi connectivity index (χ1n) is 32.6. The number of nitrogens with one attached hydrogen (secondary N) is 1. The van der Waals surface area contributed by atoms with Crippen LogP contribution in [-0.2, 0) is 14.3 Å². The van der Waals surface area contributed by atoms with Gasteiger partial charge in [-0.2, -0.15) is 0 Å². The fraction of sp³-hybridized carbons (Fsp3) is 0.909. The summed E-state index contributed by atoms with van der Waals surface area (Å²) in [4.78, 5) is 24.5. The number of carbonyl (C=O) groups is 2. The molecule has 0 aromatic heterocycles. The van der Waals surface area contributed by atoms with E-state index in [1.807, 2.05) is 6.08 Å². The smallest absolute Gasteiger partial charge is 0.305 e. The average Bonchev–Trinajstić information content (AvgIpc) is 3.38. The predicted octanol–water partition coefficient (Wildman–Crippen LogP) is 20.6. The van der Waals surface area contributed by atoms with Crippen molar-refractivity contribution in [1.29, 1.82) is 0 Å². The van der Waals surface area contributed by atoms with Crippen LogP contribution in [0.1, 0.15) is 361 Å². The van der Waals surface area contributed by atoms with Crippen LogP contribution < -0.4 is 5.32 Å². The third kappa shape index (κ3) is 57.6. The highest BCUT2D eigenvalue weighted by Gasteiger charge is 2.18. The molecule has 0 aliphatic rings. The third-order valence-electron chi connectivity index (χ3n) is 15.2. The van der Waals surface area contributed by atoms with Crippen LogP contribution in [0.2, 0.25) is 0 Å². The number of unbranched alkanes of at least 4 members (excludes halogenated alkanes) is 48. The number of allylic oxidation sites excluding steroid dienone is 3. The molecule has 0 bridgehead atoms. The number of amides is 1. The number of rotatable bonds is 61. The summed E-state index contributed by atoms with van der Waals surface area (Å²) in [5.74, 6) is -0.0522. The summed E-state index contributed by atoms with van der Waals surface area (Å²) in [6.07, 6.45) is 76.7. The van der Waals surface area contributed by atoms with E-state index in [2.05, 4.69) is 31.3 Å². The van der Waals surface area contributed by atoms with Crippen molar-refractivity contribution in [2.45, 2.75) is 373 Å². The summed E-state index contributed by atoms with van der Waals surface area (Å²) in [7, 11) is 0. The molecule has 0 spiro atoms. The number of aliphatic hydroxyl groups is 2. The lowest BCUT2D eigenvalue weighted by molar-refractivity contribution is -0.143. The lowest BCUT2D eigenvalue weighted by atomic mass is 10.0. The van der Waals surface area contributed by atoms with Crippen molar-refractivity contribution in [3.8, 4) is 0 Å². The topological polar surface area (TPSA) is 95.9 Å². The van der Waals surface area contributed by atoms with Crippen LogP contribution in [0.15, 0.2) is 24.3 Å². The Bertz CT molecular complexity index is 1120. The van der Waals surface area contributed by atoms with Crippen LogP contribution in [0.4, 0.5) is 0 Å². The van der Waals surface area contributed by atoms with E-state index in [4.69, 9.17) is 4.74 Å². The molecule has 0 heterocycles. The van der Waals surface area contributed by atoms with E-state index in [-0.39, 0.29) is 18.5 Å². The molecule has 6 nitrogen and oxygen atoms in total. The van der Waals surface area contributed by atoms with Gasteiger partial charge >= 0.3 is 5.97 Å². The van der Waals surface area contributed by atoms with Crippen molar-refractivity contribution in [1.82, 2.24) is 5.32 Å². The van der Waals surface area contributed by atoms with Gasteiger partial charge in [-0.3, -0.25) is 9.59 Å². The molecule has 0 saturated heterocycles. The van der Waals surface area contributed by atoms with Gasteiger partial charge in [0.25, 0.3) is 0 Å². The first-order chi connectivity index (χ1) is 35.5. The Morgan fingerprint density at radius 3 is 0.986 bits per heavy atom. The summed E-state index contributed by atoms with van der Waals surface area (Å²) in [5, 5.41) is 23.1. The van der Waals surface area contributed by atoms with E-state index in [0.29, 0.717) is 19.4 Å². The van der Waals surface area contributed by atoms with Crippen LogP contribution >= 0.6 is 0 Å². The number of esters is 1. The highest BCUT2D eigenvalue weighted by molar-refractivity contribution is 5.76.